The molecule has 0 aliphatic carbocycles. The van der Waals surface area contributed by atoms with Gasteiger partial charge in [0.15, 0.2) is 0 Å². The van der Waals surface area contributed by atoms with Crippen LogP contribution < -0.4 is 0 Å². The second-order valence-corrected chi connectivity index (χ2v) is 6.99. The van der Waals surface area contributed by atoms with Gasteiger partial charge in [-0.05, 0) is 31.9 Å². The zero-order valence-corrected chi connectivity index (χ0v) is 13.6. The van der Waals surface area contributed by atoms with Crippen molar-refractivity contribution in [3.63, 3.8) is 0 Å². The summed E-state index contributed by atoms with van der Waals surface area (Å²) in [4.78, 5) is 2.29. The largest absolute Gasteiger partial charge is 0.388 e. The van der Waals surface area contributed by atoms with Gasteiger partial charge in [-0.25, -0.2) is 0 Å². The maximum Gasteiger partial charge on any atom is 0.0853 e. The van der Waals surface area contributed by atoms with Crippen LogP contribution in [0.4, 0.5) is 0 Å². The topological polar surface area (TPSA) is 32.7 Å². The van der Waals surface area contributed by atoms with Crippen molar-refractivity contribution in [3.05, 3.63) is 35.9 Å². The third kappa shape index (κ3) is 4.80. The predicted molar refractivity (Wildman–Crippen MR) is 86.3 cm³/mol. The van der Waals surface area contributed by atoms with Crippen LogP contribution >= 0.6 is 0 Å². The number of rotatable bonds is 6. The molecule has 0 amide bonds. The summed E-state index contributed by atoms with van der Waals surface area (Å²) in [6.07, 6.45) is 3.53. The maximum atomic E-state index is 10.6. The van der Waals surface area contributed by atoms with Crippen LogP contribution in [0, 0.1) is 5.41 Å². The summed E-state index contributed by atoms with van der Waals surface area (Å²) in [5.41, 5.74) is 0.801. The molecule has 0 saturated carbocycles. The van der Waals surface area contributed by atoms with Crippen LogP contribution in [-0.2, 0) is 4.74 Å². The molecule has 1 heterocycles. The standard InChI is InChI=1S/C18H29NO2/c1-18(2,17(20)15-9-5-4-6-10-15)14-19(3)13-16-11-7-8-12-21-16/h4-6,9-10,16-17,20H,7-8,11-14H2,1-3H3. The van der Waals surface area contributed by atoms with Crippen molar-refractivity contribution in [1.82, 2.24) is 4.90 Å². The van der Waals surface area contributed by atoms with E-state index in [1.54, 1.807) is 0 Å². The quantitative estimate of drug-likeness (QED) is 0.873. The van der Waals surface area contributed by atoms with Gasteiger partial charge in [0, 0.05) is 25.1 Å². The van der Waals surface area contributed by atoms with Crippen molar-refractivity contribution >= 4 is 0 Å². The lowest BCUT2D eigenvalue weighted by atomic mass is 9.82. The molecule has 0 bridgehead atoms. The molecule has 1 fully saturated rings. The first-order valence-electron chi connectivity index (χ1n) is 8.02. The van der Waals surface area contributed by atoms with Gasteiger partial charge in [-0.3, -0.25) is 0 Å². The van der Waals surface area contributed by atoms with Crippen LogP contribution in [0.3, 0.4) is 0 Å². The Balaban J connectivity index is 1.89. The number of hydrogen-bond acceptors (Lipinski definition) is 3. The molecule has 0 aromatic heterocycles. The molecule has 1 N–H and O–H groups in total. The average Bonchev–Trinajstić information content (AvgIpc) is 2.47. The minimum atomic E-state index is -0.451. The van der Waals surface area contributed by atoms with Gasteiger partial charge in [-0.15, -0.1) is 0 Å². The molecular formula is C18H29NO2. The summed E-state index contributed by atoms with van der Waals surface area (Å²) < 4.78 is 5.80. The molecule has 3 nitrogen and oxygen atoms in total. The Morgan fingerprint density at radius 1 is 1.29 bits per heavy atom. The molecular weight excluding hydrogens is 262 g/mol. The number of likely N-dealkylation sites (N-methyl/N-ethyl adjacent to an activating group) is 1. The fourth-order valence-electron chi connectivity index (χ4n) is 3.23. The van der Waals surface area contributed by atoms with Crippen LogP contribution in [0.15, 0.2) is 30.3 Å². The molecule has 118 valence electrons. The summed E-state index contributed by atoms with van der Waals surface area (Å²) in [5, 5.41) is 10.6. The zero-order chi connectivity index (χ0) is 15.3. The molecule has 0 spiro atoms. The van der Waals surface area contributed by atoms with Gasteiger partial charge in [0.25, 0.3) is 0 Å². The van der Waals surface area contributed by atoms with E-state index in [4.69, 9.17) is 4.74 Å². The van der Waals surface area contributed by atoms with Crippen LogP contribution in [-0.4, -0.2) is 42.9 Å². The lowest BCUT2D eigenvalue weighted by molar-refractivity contribution is -0.0208. The van der Waals surface area contributed by atoms with E-state index in [-0.39, 0.29) is 5.41 Å². The first-order valence-corrected chi connectivity index (χ1v) is 8.02. The van der Waals surface area contributed by atoms with E-state index >= 15 is 0 Å². The third-order valence-electron chi connectivity index (χ3n) is 4.32. The van der Waals surface area contributed by atoms with Crippen molar-refractivity contribution in [2.24, 2.45) is 5.41 Å². The minimum Gasteiger partial charge on any atom is -0.388 e. The SMILES string of the molecule is CN(CC1CCCCO1)CC(C)(C)C(O)c1ccccc1. The van der Waals surface area contributed by atoms with Crippen LogP contribution in [0.25, 0.3) is 0 Å². The first-order chi connectivity index (χ1) is 9.99. The van der Waals surface area contributed by atoms with Gasteiger partial charge in [0.05, 0.1) is 12.2 Å². The number of benzene rings is 1. The van der Waals surface area contributed by atoms with Crippen molar-refractivity contribution in [3.8, 4) is 0 Å². The Morgan fingerprint density at radius 2 is 2.00 bits per heavy atom. The molecule has 0 radical (unpaired) electrons. The highest BCUT2D eigenvalue weighted by molar-refractivity contribution is 5.19. The summed E-state index contributed by atoms with van der Waals surface area (Å²) in [6.45, 7) is 6.95. The molecule has 1 aliphatic heterocycles. The molecule has 3 heteroatoms. The van der Waals surface area contributed by atoms with E-state index in [1.807, 2.05) is 30.3 Å². The Morgan fingerprint density at radius 3 is 2.62 bits per heavy atom. The normalized spacial score (nSPS) is 21.5. The minimum absolute atomic E-state index is 0.190. The highest BCUT2D eigenvalue weighted by Gasteiger charge is 2.31. The van der Waals surface area contributed by atoms with Crippen molar-refractivity contribution in [1.29, 1.82) is 0 Å². The van der Waals surface area contributed by atoms with Gasteiger partial charge >= 0.3 is 0 Å². The highest BCUT2D eigenvalue weighted by atomic mass is 16.5. The second kappa shape index (κ2) is 7.39. The fourth-order valence-corrected chi connectivity index (χ4v) is 3.23. The smallest absolute Gasteiger partial charge is 0.0853 e. The van der Waals surface area contributed by atoms with Crippen LogP contribution in [0.5, 0.6) is 0 Å². The van der Waals surface area contributed by atoms with Gasteiger partial charge in [0.2, 0.25) is 0 Å². The number of hydrogen-bond donors (Lipinski definition) is 1. The predicted octanol–water partition coefficient (Wildman–Crippen LogP) is 3.25. The van der Waals surface area contributed by atoms with E-state index < -0.39 is 6.10 Å². The second-order valence-electron chi connectivity index (χ2n) is 6.99. The molecule has 2 unspecified atom stereocenters. The number of ether oxygens (including phenoxy) is 1. The maximum absolute atomic E-state index is 10.6. The Kier molecular flexibility index (Phi) is 5.80. The lowest BCUT2D eigenvalue weighted by Crippen LogP contribution is -2.40. The van der Waals surface area contributed by atoms with Gasteiger partial charge in [-0.1, -0.05) is 44.2 Å². The van der Waals surface area contributed by atoms with E-state index in [2.05, 4.69) is 25.8 Å². The Labute approximate surface area is 128 Å². The molecule has 1 aromatic carbocycles. The first kappa shape index (κ1) is 16.5. The fraction of sp³-hybridized carbons (Fsp3) is 0.667. The van der Waals surface area contributed by atoms with Crippen molar-refractivity contribution < 1.29 is 9.84 Å². The van der Waals surface area contributed by atoms with E-state index in [0.717, 1.165) is 31.7 Å². The Bertz CT molecular complexity index is 412. The van der Waals surface area contributed by atoms with Crippen LogP contribution in [0.1, 0.15) is 44.8 Å². The molecule has 2 atom stereocenters. The average molecular weight is 291 g/mol. The molecule has 2 rings (SSSR count). The summed E-state index contributed by atoms with van der Waals surface area (Å²) in [7, 11) is 2.12. The molecule has 21 heavy (non-hydrogen) atoms. The highest BCUT2D eigenvalue weighted by Crippen LogP contribution is 2.33. The number of aliphatic hydroxyl groups is 1. The molecule has 1 aliphatic rings. The van der Waals surface area contributed by atoms with E-state index in [1.165, 1.54) is 12.8 Å². The van der Waals surface area contributed by atoms with Gasteiger partial charge in [0.1, 0.15) is 0 Å². The Hall–Kier alpha value is -0.900. The molecule has 1 aromatic rings. The summed E-state index contributed by atoms with van der Waals surface area (Å²) in [6, 6.07) is 9.94. The lowest BCUT2D eigenvalue weighted by Gasteiger charge is -2.36. The summed E-state index contributed by atoms with van der Waals surface area (Å²) in [5.74, 6) is 0. The third-order valence-corrected chi connectivity index (χ3v) is 4.32. The van der Waals surface area contributed by atoms with Crippen molar-refractivity contribution in [2.75, 3.05) is 26.7 Å². The van der Waals surface area contributed by atoms with E-state index in [9.17, 15) is 5.11 Å². The van der Waals surface area contributed by atoms with Crippen LogP contribution in [0.2, 0.25) is 0 Å². The zero-order valence-electron chi connectivity index (χ0n) is 13.6. The number of nitrogens with zero attached hydrogens (tertiary/aromatic N) is 1. The van der Waals surface area contributed by atoms with Crippen molar-refractivity contribution in [2.45, 2.75) is 45.3 Å². The van der Waals surface area contributed by atoms with Gasteiger partial charge in [-0.2, -0.15) is 0 Å². The monoisotopic (exact) mass is 291 g/mol. The molecule has 1 saturated heterocycles. The summed E-state index contributed by atoms with van der Waals surface area (Å²) >= 11 is 0. The van der Waals surface area contributed by atoms with E-state index in [0.29, 0.717) is 6.10 Å². The van der Waals surface area contributed by atoms with Gasteiger partial charge < -0.3 is 14.7 Å². The number of aliphatic hydroxyl groups excluding tert-OH is 1.